The van der Waals surface area contributed by atoms with Gasteiger partial charge in [-0.2, -0.15) is 0 Å². The Hall–Kier alpha value is -0.790. The average molecular weight is 394 g/mol. The number of halogens is 1. The molecule has 0 aliphatic heterocycles. The zero-order valence-corrected chi connectivity index (χ0v) is 18.9. The normalized spacial score (nSPS) is 11.2. The number of nitrogens with zero attached hydrogens (tertiary/aromatic N) is 1. The Balaban J connectivity index is 0.00000676. The van der Waals surface area contributed by atoms with Crippen LogP contribution in [0.1, 0.15) is 89.0 Å². The van der Waals surface area contributed by atoms with Gasteiger partial charge in [0.05, 0.1) is 26.8 Å². The first-order valence-corrected chi connectivity index (χ1v) is 11.1. The fourth-order valence-electron chi connectivity index (χ4n) is 3.53. The van der Waals surface area contributed by atoms with Crippen LogP contribution in [0.3, 0.4) is 0 Å². The Bertz CT molecular complexity index is 441. The Morgan fingerprint density at radius 2 is 1.07 bits per heavy atom. The van der Waals surface area contributed by atoms with Gasteiger partial charge in [-0.05, 0) is 37.8 Å². The van der Waals surface area contributed by atoms with Crippen LogP contribution >= 0.6 is 0 Å². The van der Waals surface area contributed by atoms with E-state index in [-0.39, 0.29) is 12.4 Å². The second-order valence-electron chi connectivity index (χ2n) is 8.52. The summed E-state index contributed by atoms with van der Waals surface area (Å²) < 4.78 is 0.951. The smallest absolute Gasteiger partial charge is 0.0881 e. The highest BCUT2D eigenvalue weighted by molar-refractivity contribution is 5.14. The summed E-state index contributed by atoms with van der Waals surface area (Å²) in [5.41, 5.74) is 1.50. The summed E-state index contributed by atoms with van der Waals surface area (Å²) >= 11 is 0. The van der Waals surface area contributed by atoms with Crippen LogP contribution in [0, 0.1) is 0 Å². The minimum Gasteiger partial charge on any atom is -1.00 e. The molecule has 0 saturated heterocycles. The quantitative estimate of drug-likeness (QED) is 0.269. The third kappa shape index (κ3) is 15.9. The number of hydrogen-bond acceptors (Lipinski definition) is 0. The largest absolute Gasteiger partial charge is 1.00 e. The molecule has 0 aliphatic rings. The summed E-state index contributed by atoms with van der Waals surface area (Å²) in [5, 5.41) is 0. The van der Waals surface area contributed by atoms with Gasteiger partial charge in [-0.3, -0.25) is 0 Å². The third-order valence-electron chi connectivity index (χ3n) is 5.54. The molecule has 0 bridgehead atoms. The van der Waals surface area contributed by atoms with Crippen LogP contribution in [0.4, 0.5) is 0 Å². The van der Waals surface area contributed by atoms with E-state index in [4.69, 9.17) is 0 Å². The summed E-state index contributed by atoms with van der Waals surface area (Å²) in [6, 6.07) is 10.9. The Labute approximate surface area is 176 Å². The summed E-state index contributed by atoms with van der Waals surface area (Å²) in [5.74, 6) is 0. The molecule has 27 heavy (non-hydrogen) atoms. The molecule has 156 valence electrons. The highest BCUT2D eigenvalue weighted by atomic mass is 35.5. The molecule has 0 fully saturated rings. The van der Waals surface area contributed by atoms with Crippen LogP contribution in [0.5, 0.6) is 0 Å². The van der Waals surface area contributed by atoms with Crippen molar-refractivity contribution in [3.05, 3.63) is 48.7 Å². The molecule has 0 atom stereocenters. The average Bonchev–Trinajstić information content (AvgIpc) is 2.65. The summed E-state index contributed by atoms with van der Waals surface area (Å²) in [6.45, 7) is 5.13. The van der Waals surface area contributed by atoms with Crippen molar-refractivity contribution in [1.82, 2.24) is 0 Å². The Kier molecular flexibility index (Phi) is 16.8. The van der Waals surface area contributed by atoms with Gasteiger partial charge in [-0.1, -0.05) is 94.5 Å². The van der Waals surface area contributed by atoms with Crippen LogP contribution in [0.25, 0.3) is 0 Å². The molecule has 0 unspecified atom stereocenters. The van der Waals surface area contributed by atoms with Crippen molar-refractivity contribution < 1.29 is 16.9 Å². The maximum Gasteiger partial charge on any atom is 0.0881 e. The lowest BCUT2D eigenvalue weighted by molar-refractivity contribution is -0.838. The second-order valence-corrected chi connectivity index (χ2v) is 8.52. The van der Waals surface area contributed by atoms with Crippen LogP contribution in [0.15, 0.2) is 43.1 Å². The topological polar surface area (TPSA) is 0 Å². The summed E-state index contributed by atoms with van der Waals surface area (Å²) in [7, 11) is 4.46. The molecule has 1 aromatic rings. The van der Waals surface area contributed by atoms with Crippen molar-refractivity contribution in [2.75, 3.05) is 20.6 Å². The lowest BCUT2D eigenvalue weighted by Crippen LogP contribution is -3.00. The van der Waals surface area contributed by atoms with Crippen molar-refractivity contribution in [2.24, 2.45) is 0 Å². The molecule has 0 heterocycles. The highest BCUT2D eigenvalue weighted by Gasteiger charge is 2.08. The van der Waals surface area contributed by atoms with Crippen molar-refractivity contribution in [2.45, 2.75) is 89.9 Å². The maximum absolute atomic E-state index is 3.90. The van der Waals surface area contributed by atoms with Crippen LogP contribution < -0.4 is 12.4 Å². The molecule has 0 radical (unpaired) electrons. The van der Waals surface area contributed by atoms with Gasteiger partial charge in [0.1, 0.15) is 0 Å². The van der Waals surface area contributed by atoms with Gasteiger partial charge in [-0.15, -0.1) is 0 Å². The Morgan fingerprint density at radius 1 is 0.667 bits per heavy atom. The van der Waals surface area contributed by atoms with Gasteiger partial charge in [0.25, 0.3) is 0 Å². The van der Waals surface area contributed by atoms with E-state index in [1.165, 1.54) is 102 Å². The first-order chi connectivity index (χ1) is 12.6. The van der Waals surface area contributed by atoms with E-state index in [1.54, 1.807) is 0 Å². The maximum atomic E-state index is 3.90. The second kappa shape index (κ2) is 17.3. The van der Waals surface area contributed by atoms with Crippen LogP contribution in [0.2, 0.25) is 0 Å². The minimum atomic E-state index is 0. The minimum absolute atomic E-state index is 0. The highest BCUT2D eigenvalue weighted by Crippen LogP contribution is 2.14. The van der Waals surface area contributed by atoms with Gasteiger partial charge in [-0.25, -0.2) is 0 Å². The predicted octanol–water partition coefficient (Wildman–Crippen LogP) is 4.52. The van der Waals surface area contributed by atoms with Gasteiger partial charge in [0, 0.05) is 0 Å². The van der Waals surface area contributed by atoms with Crippen LogP contribution in [-0.2, 0) is 6.42 Å². The fourth-order valence-corrected chi connectivity index (χ4v) is 3.53. The number of rotatable bonds is 17. The molecular weight excluding hydrogens is 350 g/mol. The molecule has 1 aromatic carbocycles. The zero-order chi connectivity index (χ0) is 18.9. The van der Waals surface area contributed by atoms with E-state index < -0.39 is 0 Å². The Morgan fingerprint density at radius 3 is 1.52 bits per heavy atom. The lowest BCUT2D eigenvalue weighted by atomic mass is 10.0. The van der Waals surface area contributed by atoms with E-state index in [0.29, 0.717) is 0 Å². The number of quaternary nitrogens is 1. The number of hydrogen-bond donors (Lipinski definition) is 0. The van der Waals surface area contributed by atoms with Gasteiger partial charge < -0.3 is 16.9 Å². The number of unbranched alkanes of at least 4 members (excludes halogenated alkanes) is 12. The van der Waals surface area contributed by atoms with Gasteiger partial charge in [0.2, 0.25) is 0 Å². The number of benzene rings is 1. The van der Waals surface area contributed by atoms with Crippen molar-refractivity contribution in [3.8, 4) is 0 Å². The monoisotopic (exact) mass is 393 g/mol. The molecule has 0 aliphatic carbocycles. The standard InChI is InChI=1S/C25H44N.ClH/c1-4-26(2,3)24-20-15-13-11-9-7-5-6-8-10-12-14-17-21-25-22-18-16-19-23-25;/h4,16,18-19,22-23H,1,5-15,17,20-21,24H2,2-3H3;1H/q+1;/p-1. The first-order valence-electron chi connectivity index (χ1n) is 11.1. The summed E-state index contributed by atoms with van der Waals surface area (Å²) in [6.07, 6.45) is 21.7. The third-order valence-corrected chi connectivity index (χ3v) is 5.54. The molecule has 1 rings (SSSR count). The van der Waals surface area contributed by atoms with E-state index in [9.17, 15) is 0 Å². The molecule has 0 aromatic heterocycles. The molecule has 0 saturated carbocycles. The van der Waals surface area contributed by atoms with Gasteiger partial charge >= 0.3 is 0 Å². The zero-order valence-electron chi connectivity index (χ0n) is 18.1. The number of aryl methyl sites for hydroxylation is 1. The molecule has 0 amide bonds. The van der Waals surface area contributed by atoms with E-state index >= 15 is 0 Å². The van der Waals surface area contributed by atoms with Crippen molar-refractivity contribution >= 4 is 0 Å². The molecule has 0 spiro atoms. The van der Waals surface area contributed by atoms with E-state index in [2.05, 4.69) is 51.0 Å². The SMILES string of the molecule is C=C[N+](C)(C)CCCCCCCCCCCCCCCc1ccccc1.[Cl-]. The van der Waals surface area contributed by atoms with Crippen LogP contribution in [-0.4, -0.2) is 25.1 Å². The summed E-state index contributed by atoms with van der Waals surface area (Å²) in [4.78, 5) is 0. The molecule has 2 heteroatoms. The lowest BCUT2D eigenvalue weighted by Gasteiger charge is -2.24. The van der Waals surface area contributed by atoms with Crippen molar-refractivity contribution in [3.63, 3.8) is 0 Å². The fraction of sp³-hybridized carbons (Fsp3) is 0.680. The van der Waals surface area contributed by atoms with E-state index in [0.717, 1.165) is 4.48 Å². The van der Waals surface area contributed by atoms with E-state index in [1.807, 2.05) is 6.20 Å². The predicted molar refractivity (Wildman–Crippen MR) is 117 cm³/mol. The van der Waals surface area contributed by atoms with Gasteiger partial charge in [0.15, 0.2) is 0 Å². The molecule has 1 nitrogen and oxygen atoms in total. The first kappa shape index (κ1) is 26.2. The molecular formula is C25H44ClN. The molecule has 0 N–H and O–H groups in total. The van der Waals surface area contributed by atoms with Crippen molar-refractivity contribution in [1.29, 1.82) is 0 Å².